The first-order chi connectivity index (χ1) is 8.85. The summed E-state index contributed by atoms with van der Waals surface area (Å²) in [6.07, 6.45) is 4.20. The summed E-state index contributed by atoms with van der Waals surface area (Å²) < 4.78 is 16.8. The van der Waals surface area contributed by atoms with Gasteiger partial charge in [-0.25, -0.2) is 0 Å². The monoisotopic (exact) mass is 294 g/mol. The molecule has 0 aliphatic rings. The predicted octanol–water partition coefficient (Wildman–Crippen LogP) is 3.24. The van der Waals surface area contributed by atoms with Gasteiger partial charge in [0.1, 0.15) is 0 Å². The van der Waals surface area contributed by atoms with Crippen LogP contribution in [0.25, 0.3) is 0 Å². The summed E-state index contributed by atoms with van der Waals surface area (Å²) in [6, 6.07) is 0. The molecule has 0 rings (SSSR count). The molecule has 0 saturated carbocycles. The zero-order valence-electron chi connectivity index (χ0n) is 12.2. The minimum Gasteiger partial charge on any atom is -0.465 e. The Morgan fingerprint density at radius 3 is 2.00 bits per heavy atom. The zero-order chi connectivity index (χ0) is 14.9. The molecule has 0 aliphatic carbocycles. The maximum Gasteiger partial charge on any atom is 0.342 e. The lowest BCUT2D eigenvalue weighted by atomic mass is 9.94. The SMILES string of the molecule is CCCCCC(CCCC)(C(=O)OCC)P(=O)(O)O. The summed E-state index contributed by atoms with van der Waals surface area (Å²) in [6.45, 7) is 5.73. The second-order valence-electron chi connectivity index (χ2n) is 4.86. The Kier molecular flexibility index (Phi) is 8.55. The molecule has 0 aromatic heterocycles. The van der Waals surface area contributed by atoms with Gasteiger partial charge < -0.3 is 14.5 Å². The van der Waals surface area contributed by atoms with E-state index in [0.29, 0.717) is 12.8 Å². The first-order valence-electron chi connectivity index (χ1n) is 7.08. The Balaban J connectivity index is 5.20. The molecule has 0 saturated heterocycles. The smallest absolute Gasteiger partial charge is 0.342 e. The second-order valence-corrected chi connectivity index (χ2v) is 6.80. The third-order valence-corrected chi connectivity index (χ3v) is 5.10. The van der Waals surface area contributed by atoms with Crippen LogP contribution in [-0.4, -0.2) is 27.5 Å². The van der Waals surface area contributed by atoms with Crippen molar-refractivity contribution in [3.8, 4) is 0 Å². The number of ether oxygens (including phenoxy) is 1. The standard InChI is InChI=1S/C13H27O5P/c1-4-7-9-11-13(10-8-5-2,19(15,16)17)12(14)18-6-3/h4-11H2,1-3H3,(H2,15,16,17). The number of carbonyl (C=O) groups is 1. The molecule has 5 nitrogen and oxygen atoms in total. The van der Waals surface area contributed by atoms with Gasteiger partial charge in [0.05, 0.1) is 6.61 Å². The van der Waals surface area contributed by atoms with Crippen molar-refractivity contribution in [1.82, 2.24) is 0 Å². The number of hydrogen-bond donors (Lipinski definition) is 2. The van der Waals surface area contributed by atoms with E-state index in [1.54, 1.807) is 6.92 Å². The van der Waals surface area contributed by atoms with E-state index in [9.17, 15) is 19.1 Å². The highest BCUT2D eigenvalue weighted by Crippen LogP contribution is 2.56. The lowest BCUT2D eigenvalue weighted by Crippen LogP contribution is -2.40. The summed E-state index contributed by atoms with van der Waals surface area (Å²) in [5.74, 6) is -0.743. The summed E-state index contributed by atoms with van der Waals surface area (Å²) in [4.78, 5) is 31.4. The molecule has 0 bridgehead atoms. The maximum atomic E-state index is 12.1. The van der Waals surface area contributed by atoms with Crippen LogP contribution in [0.15, 0.2) is 0 Å². The first-order valence-corrected chi connectivity index (χ1v) is 8.69. The zero-order valence-corrected chi connectivity index (χ0v) is 13.1. The van der Waals surface area contributed by atoms with E-state index in [-0.39, 0.29) is 19.4 Å². The van der Waals surface area contributed by atoms with Crippen LogP contribution in [0.1, 0.15) is 65.7 Å². The van der Waals surface area contributed by atoms with Gasteiger partial charge >= 0.3 is 13.6 Å². The maximum absolute atomic E-state index is 12.1. The minimum absolute atomic E-state index is 0.139. The van der Waals surface area contributed by atoms with Gasteiger partial charge in [-0.3, -0.25) is 9.36 Å². The Hall–Kier alpha value is -0.380. The van der Waals surface area contributed by atoms with Crippen molar-refractivity contribution in [2.45, 2.75) is 70.9 Å². The molecule has 0 aliphatic heterocycles. The third kappa shape index (κ3) is 5.25. The van der Waals surface area contributed by atoms with Crippen molar-refractivity contribution < 1.29 is 23.9 Å². The molecule has 0 fully saturated rings. The molecule has 1 atom stereocenters. The largest absolute Gasteiger partial charge is 0.465 e. The molecular weight excluding hydrogens is 267 g/mol. The summed E-state index contributed by atoms with van der Waals surface area (Å²) >= 11 is 0. The average molecular weight is 294 g/mol. The van der Waals surface area contributed by atoms with Gasteiger partial charge in [-0.15, -0.1) is 0 Å². The predicted molar refractivity (Wildman–Crippen MR) is 75.1 cm³/mol. The van der Waals surface area contributed by atoms with Crippen molar-refractivity contribution in [2.75, 3.05) is 6.61 Å². The molecule has 6 heteroatoms. The highest BCUT2D eigenvalue weighted by Gasteiger charge is 2.53. The van der Waals surface area contributed by atoms with Crippen molar-refractivity contribution in [1.29, 1.82) is 0 Å². The quantitative estimate of drug-likeness (QED) is 0.367. The fraction of sp³-hybridized carbons (Fsp3) is 0.923. The molecule has 0 aromatic rings. The fourth-order valence-corrected chi connectivity index (χ4v) is 3.34. The first kappa shape index (κ1) is 18.6. The van der Waals surface area contributed by atoms with Crippen LogP contribution in [-0.2, 0) is 14.1 Å². The van der Waals surface area contributed by atoms with Gasteiger partial charge in [0.25, 0.3) is 0 Å². The molecule has 114 valence electrons. The van der Waals surface area contributed by atoms with Crippen molar-refractivity contribution in [3.63, 3.8) is 0 Å². The van der Waals surface area contributed by atoms with Gasteiger partial charge in [0.2, 0.25) is 0 Å². The number of rotatable bonds is 10. The van der Waals surface area contributed by atoms with E-state index in [4.69, 9.17) is 4.74 Å². The van der Waals surface area contributed by atoms with Crippen LogP contribution < -0.4 is 0 Å². The van der Waals surface area contributed by atoms with Crippen molar-refractivity contribution >= 4 is 13.6 Å². The van der Waals surface area contributed by atoms with E-state index in [0.717, 1.165) is 19.3 Å². The summed E-state index contributed by atoms with van der Waals surface area (Å²) in [7, 11) is -4.54. The normalized spacial score (nSPS) is 15.0. The van der Waals surface area contributed by atoms with Crippen LogP contribution in [0.5, 0.6) is 0 Å². The van der Waals surface area contributed by atoms with Gasteiger partial charge in [0, 0.05) is 0 Å². The molecule has 0 aromatic carbocycles. The lowest BCUT2D eigenvalue weighted by molar-refractivity contribution is -0.147. The Morgan fingerprint density at radius 2 is 1.58 bits per heavy atom. The van der Waals surface area contributed by atoms with Crippen molar-refractivity contribution in [3.05, 3.63) is 0 Å². The molecule has 2 N–H and O–H groups in total. The Morgan fingerprint density at radius 1 is 1.05 bits per heavy atom. The molecule has 0 amide bonds. The van der Waals surface area contributed by atoms with Crippen molar-refractivity contribution in [2.24, 2.45) is 0 Å². The van der Waals surface area contributed by atoms with E-state index in [1.165, 1.54) is 0 Å². The number of esters is 1. The van der Waals surface area contributed by atoms with Crippen LogP contribution in [0.2, 0.25) is 0 Å². The number of hydrogen-bond acceptors (Lipinski definition) is 3. The van der Waals surface area contributed by atoms with Crippen LogP contribution in [0, 0.1) is 0 Å². The average Bonchev–Trinajstić information content (AvgIpc) is 2.32. The van der Waals surface area contributed by atoms with E-state index in [1.807, 2.05) is 13.8 Å². The van der Waals surface area contributed by atoms with Gasteiger partial charge in [-0.05, 0) is 19.8 Å². The summed E-state index contributed by atoms with van der Waals surface area (Å²) in [5.41, 5.74) is 0. The molecule has 0 spiro atoms. The molecule has 19 heavy (non-hydrogen) atoms. The van der Waals surface area contributed by atoms with Crippen LogP contribution in [0.4, 0.5) is 0 Å². The number of carbonyl (C=O) groups excluding carboxylic acids is 1. The summed E-state index contributed by atoms with van der Waals surface area (Å²) in [5, 5.41) is -1.64. The van der Waals surface area contributed by atoms with E-state index >= 15 is 0 Å². The van der Waals surface area contributed by atoms with Crippen LogP contribution in [0.3, 0.4) is 0 Å². The highest BCUT2D eigenvalue weighted by molar-refractivity contribution is 7.54. The molecule has 0 radical (unpaired) electrons. The third-order valence-electron chi connectivity index (χ3n) is 3.35. The minimum atomic E-state index is -4.54. The molecular formula is C13H27O5P. The second kappa shape index (κ2) is 8.72. The fourth-order valence-electron chi connectivity index (χ4n) is 2.14. The highest BCUT2D eigenvalue weighted by atomic mass is 31.2. The molecule has 1 unspecified atom stereocenters. The number of unbranched alkanes of at least 4 members (excludes halogenated alkanes) is 3. The van der Waals surface area contributed by atoms with Gasteiger partial charge in [-0.2, -0.15) is 0 Å². The topological polar surface area (TPSA) is 83.8 Å². The Labute approximate surface area is 115 Å². The van der Waals surface area contributed by atoms with E-state index < -0.39 is 18.7 Å². The molecule has 0 heterocycles. The lowest BCUT2D eigenvalue weighted by Gasteiger charge is -2.32. The van der Waals surface area contributed by atoms with E-state index in [2.05, 4.69) is 0 Å². The Bertz CT molecular complexity index is 312. The van der Waals surface area contributed by atoms with Gasteiger partial charge in [0.15, 0.2) is 5.16 Å². The van der Waals surface area contributed by atoms with Gasteiger partial charge in [-0.1, -0.05) is 46.0 Å². The van der Waals surface area contributed by atoms with Crippen LogP contribution >= 0.6 is 7.60 Å².